The first-order valence-corrected chi connectivity index (χ1v) is 13.4. The Bertz CT molecular complexity index is 1920. The summed E-state index contributed by atoms with van der Waals surface area (Å²) in [5.41, 5.74) is 8.62. The lowest BCUT2D eigenvalue weighted by Crippen LogP contribution is -2.32. The van der Waals surface area contributed by atoms with Gasteiger partial charge in [-0.15, -0.1) is 0 Å². The Labute approximate surface area is 227 Å². The second-order valence-corrected chi connectivity index (χ2v) is 11.1. The molecule has 8 rings (SSSR count). The van der Waals surface area contributed by atoms with Gasteiger partial charge in [-0.1, -0.05) is 56.3 Å². The molecule has 0 atom stereocenters. The zero-order valence-corrected chi connectivity index (χ0v) is 22.2. The Kier molecular flexibility index (Phi) is 4.49. The van der Waals surface area contributed by atoms with Crippen LogP contribution in [0, 0.1) is 0 Å². The van der Waals surface area contributed by atoms with Crippen LogP contribution in [0.3, 0.4) is 0 Å². The molecule has 0 radical (unpaired) electrons. The van der Waals surface area contributed by atoms with Crippen molar-refractivity contribution in [2.24, 2.45) is 0 Å². The third-order valence-electron chi connectivity index (χ3n) is 8.42. The topological polar surface area (TPSA) is 33.5 Å². The van der Waals surface area contributed by atoms with Gasteiger partial charge in [-0.25, -0.2) is 4.98 Å². The first-order chi connectivity index (χ1) is 19.0. The van der Waals surface area contributed by atoms with Crippen LogP contribution in [-0.4, -0.2) is 23.3 Å². The molecule has 190 valence electrons. The van der Waals surface area contributed by atoms with Gasteiger partial charge < -0.3 is 14.5 Å². The van der Waals surface area contributed by atoms with Crippen molar-refractivity contribution in [1.82, 2.24) is 9.55 Å². The molecule has 39 heavy (non-hydrogen) atoms. The van der Waals surface area contributed by atoms with E-state index in [1.807, 2.05) is 24.4 Å². The SMILES string of the molecule is CN1CN2c3cc(Oc4ccc5c6ccccc6n(-c6ccccn6)c5c4)ccc3C(C)(C)c3cccc1c32. The van der Waals surface area contributed by atoms with E-state index in [-0.39, 0.29) is 5.41 Å². The van der Waals surface area contributed by atoms with Gasteiger partial charge in [0.15, 0.2) is 0 Å². The summed E-state index contributed by atoms with van der Waals surface area (Å²) in [5, 5.41) is 2.38. The summed E-state index contributed by atoms with van der Waals surface area (Å²) in [6.07, 6.45) is 1.84. The molecular formula is C34H28N4O. The number of para-hydroxylation sites is 2. The predicted octanol–water partition coefficient (Wildman–Crippen LogP) is 8.16. The van der Waals surface area contributed by atoms with Crippen molar-refractivity contribution in [2.75, 3.05) is 23.5 Å². The lowest BCUT2D eigenvalue weighted by molar-refractivity contribution is 0.482. The van der Waals surface area contributed by atoms with E-state index in [0.29, 0.717) is 0 Å². The smallest absolute Gasteiger partial charge is 0.137 e. The van der Waals surface area contributed by atoms with Crippen LogP contribution < -0.4 is 14.5 Å². The van der Waals surface area contributed by atoms with E-state index in [1.165, 1.54) is 39.0 Å². The molecule has 0 saturated heterocycles. The first-order valence-electron chi connectivity index (χ1n) is 13.4. The average molecular weight is 509 g/mol. The van der Waals surface area contributed by atoms with Crippen molar-refractivity contribution in [2.45, 2.75) is 19.3 Å². The maximum atomic E-state index is 6.56. The van der Waals surface area contributed by atoms with Crippen LogP contribution in [0.1, 0.15) is 25.0 Å². The highest BCUT2D eigenvalue weighted by molar-refractivity contribution is 6.09. The molecule has 2 aromatic heterocycles. The molecule has 0 N–H and O–H groups in total. The Morgan fingerprint density at radius 2 is 1.51 bits per heavy atom. The van der Waals surface area contributed by atoms with Crippen LogP contribution >= 0.6 is 0 Å². The second kappa shape index (κ2) is 7.87. The lowest BCUT2D eigenvalue weighted by atomic mass is 9.73. The molecule has 2 aliphatic heterocycles. The van der Waals surface area contributed by atoms with Gasteiger partial charge in [-0.3, -0.25) is 4.57 Å². The average Bonchev–Trinajstić information content (AvgIpc) is 3.47. The summed E-state index contributed by atoms with van der Waals surface area (Å²) in [6, 6.07) is 34.1. The Morgan fingerprint density at radius 1 is 0.718 bits per heavy atom. The van der Waals surface area contributed by atoms with Gasteiger partial charge in [-0.2, -0.15) is 0 Å². The molecule has 0 saturated carbocycles. The Morgan fingerprint density at radius 3 is 2.38 bits per heavy atom. The molecule has 5 nitrogen and oxygen atoms in total. The van der Waals surface area contributed by atoms with E-state index < -0.39 is 0 Å². The molecule has 0 spiro atoms. The van der Waals surface area contributed by atoms with Gasteiger partial charge in [-0.05, 0) is 53.6 Å². The number of benzene rings is 4. The molecule has 4 aromatic carbocycles. The van der Waals surface area contributed by atoms with Crippen molar-refractivity contribution in [3.8, 4) is 17.3 Å². The number of ether oxygens (including phenoxy) is 1. The molecule has 4 heterocycles. The zero-order valence-electron chi connectivity index (χ0n) is 22.2. The van der Waals surface area contributed by atoms with E-state index in [1.54, 1.807) is 0 Å². The fraction of sp³-hybridized carbons (Fsp3) is 0.147. The van der Waals surface area contributed by atoms with Crippen molar-refractivity contribution < 1.29 is 4.74 Å². The van der Waals surface area contributed by atoms with Crippen molar-refractivity contribution in [3.05, 3.63) is 114 Å². The minimum Gasteiger partial charge on any atom is -0.457 e. The fourth-order valence-electron chi connectivity index (χ4n) is 6.54. The minimum absolute atomic E-state index is 0.0938. The number of rotatable bonds is 3. The first kappa shape index (κ1) is 22.2. The van der Waals surface area contributed by atoms with Crippen molar-refractivity contribution >= 4 is 38.9 Å². The molecule has 0 amide bonds. The fourth-order valence-corrected chi connectivity index (χ4v) is 6.54. The van der Waals surface area contributed by atoms with Crippen LogP contribution in [0.2, 0.25) is 0 Å². The molecule has 0 aliphatic carbocycles. The normalized spacial score (nSPS) is 15.1. The highest BCUT2D eigenvalue weighted by atomic mass is 16.5. The number of fused-ring (bicyclic) bond motifs is 5. The highest BCUT2D eigenvalue weighted by Gasteiger charge is 2.41. The maximum absolute atomic E-state index is 6.56. The quantitative estimate of drug-likeness (QED) is 0.241. The molecule has 0 unspecified atom stereocenters. The summed E-state index contributed by atoms with van der Waals surface area (Å²) >= 11 is 0. The van der Waals surface area contributed by atoms with Gasteiger partial charge in [0, 0.05) is 41.6 Å². The molecule has 0 bridgehead atoms. The van der Waals surface area contributed by atoms with Gasteiger partial charge in [0.1, 0.15) is 17.3 Å². The molecular weight excluding hydrogens is 480 g/mol. The number of aromatic nitrogens is 2. The van der Waals surface area contributed by atoms with Gasteiger partial charge in [0.2, 0.25) is 0 Å². The Balaban J connectivity index is 1.24. The van der Waals surface area contributed by atoms with Gasteiger partial charge in [0.05, 0.1) is 34.8 Å². The van der Waals surface area contributed by atoms with E-state index in [9.17, 15) is 0 Å². The monoisotopic (exact) mass is 508 g/mol. The number of pyridine rings is 1. The van der Waals surface area contributed by atoms with Crippen LogP contribution in [-0.2, 0) is 5.41 Å². The van der Waals surface area contributed by atoms with Crippen molar-refractivity contribution in [3.63, 3.8) is 0 Å². The minimum atomic E-state index is -0.0938. The third-order valence-corrected chi connectivity index (χ3v) is 8.42. The number of anilines is 3. The van der Waals surface area contributed by atoms with Crippen LogP contribution in [0.4, 0.5) is 17.1 Å². The van der Waals surface area contributed by atoms with E-state index in [2.05, 4.69) is 119 Å². The summed E-state index contributed by atoms with van der Waals surface area (Å²) in [5.74, 6) is 2.53. The molecule has 6 aromatic rings. The van der Waals surface area contributed by atoms with Crippen LogP contribution in [0.5, 0.6) is 11.5 Å². The molecule has 5 heteroatoms. The maximum Gasteiger partial charge on any atom is 0.137 e. The van der Waals surface area contributed by atoms with Gasteiger partial charge >= 0.3 is 0 Å². The summed E-state index contributed by atoms with van der Waals surface area (Å²) in [4.78, 5) is 9.41. The third kappa shape index (κ3) is 3.10. The largest absolute Gasteiger partial charge is 0.457 e. The van der Waals surface area contributed by atoms with Crippen molar-refractivity contribution in [1.29, 1.82) is 0 Å². The summed E-state index contributed by atoms with van der Waals surface area (Å²) in [7, 11) is 2.16. The number of nitrogens with zero attached hydrogens (tertiary/aromatic N) is 4. The van der Waals surface area contributed by atoms with E-state index >= 15 is 0 Å². The number of hydrogen-bond acceptors (Lipinski definition) is 4. The van der Waals surface area contributed by atoms with E-state index in [4.69, 9.17) is 4.74 Å². The zero-order chi connectivity index (χ0) is 26.3. The lowest BCUT2D eigenvalue weighted by Gasteiger charge is -2.39. The molecule has 0 fully saturated rings. The number of hydrogen-bond donors (Lipinski definition) is 0. The standard InChI is InChI=1S/C34H28N4O/c1-34(2)26-17-15-23(20-31(26)37-21-36(3)29-12-8-10-27(34)33(29)37)39-22-14-16-25-24-9-4-5-11-28(24)38(30(25)19-22)32-13-6-7-18-35-32/h4-20H,21H2,1-3H3. The van der Waals surface area contributed by atoms with Crippen LogP contribution in [0.15, 0.2) is 103 Å². The predicted molar refractivity (Wildman–Crippen MR) is 159 cm³/mol. The summed E-state index contributed by atoms with van der Waals surface area (Å²) < 4.78 is 8.77. The van der Waals surface area contributed by atoms with Crippen LogP contribution in [0.25, 0.3) is 27.6 Å². The van der Waals surface area contributed by atoms with Gasteiger partial charge in [0.25, 0.3) is 0 Å². The van der Waals surface area contributed by atoms with E-state index in [0.717, 1.165) is 35.0 Å². The highest BCUT2D eigenvalue weighted by Crippen LogP contribution is 2.55. The molecule has 2 aliphatic rings. The second-order valence-electron chi connectivity index (χ2n) is 11.1. The Hall–Kier alpha value is -4.77. The summed E-state index contributed by atoms with van der Waals surface area (Å²) in [6.45, 7) is 5.47.